The predicted molar refractivity (Wildman–Crippen MR) is 79.9 cm³/mol. The summed E-state index contributed by atoms with van der Waals surface area (Å²) in [5.74, 6) is 0.665. The van der Waals surface area contributed by atoms with E-state index in [1.807, 2.05) is 0 Å². The first-order valence-corrected chi connectivity index (χ1v) is 7.61. The third-order valence-corrected chi connectivity index (χ3v) is 4.36. The highest BCUT2D eigenvalue weighted by Gasteiger charge is 2.28. The molecule has 3 nitrogen and oxygen atoms in total. The number of hydrogen-bond acceptors (Lipinski definition) is 3. The SMILES string of the molecule is CCN(Cc1cccc(C)n1)C1CCCCC1CN. The summed E-state index contributed by atoms with van der Waals surface area (Å²) in [4.78, 5) is 7.20. The predicted octanol–water partition coefficient (Wildman–Crippen LogP) is 2.73. The third-order valence-electron chi connectivity index (χ3n) is 4.36. The fourth-order valence-corrected chi connectivity index (χ4v) is 3.30. The van der Waals surface area contributed by atoms with Gasteiger partial charge in [-0.05, 0) is 50.9 Å². The molecule has 1 aliphatic rings. The summed E-state index contributed by atoms with van der Waals surface area (Å²) < 4.78 is 0. The number of hydrogen-bond donors (Lipinski definition) is 1. The molecule has 0 aromatic carbocycles. The quantitative estimate of drug-likeness (QED) is 0.886. The minimum atomic E-state index is 0.645. The molecule has 2 rings (SSSR count). The maximum atomic E-state index is 5.96. The van der Waals surface area contributed by atoms with Crippen LogP contribution in [-0.2, 0) is 6.54 Å². The second kappa shape index (κ2) is 7.01. The first kappa shape index (κ1) is 14.5. The molecule has 1 heterocycles. The van der Waals surface area contributed by atoms with Crippen LogP contribution in [0.1, 0.15) is 44.0 Å². The molecule has 1 saturated carbocycles. The minimum absolute atomic E-state index is 0.645. The molecule has 1 aliphatic carbocycles. The summed E-state index contributed by atoms with van der Waals surface area (Å²) in [5, 5.41) is 0. The molecular formula is C16H27N3. The molecule has 0 bridgehead atoms. The van der Waals surface area contributed by atoms with Crippen molar-refractivity contribution in [1.29, 1.82) is 0 Å². The van der Waals surface area contributed by atoms with Crippen molar-refractivity contribution in [3.05, 3.63) is 29.6 Å². The topological polar surface area (TPSA) is 42.2 Å². The van der Waals surface area contributed by atoms with Crippen LogP contribution in [0.25, 0.3) is 0 Å². The van der Waals surface area contributed by atoms with Crippen LogP contribution in [0.2, 0.25) is 0 Å². The molecule has 2 unspecified atom stereocenters. The van der Waals surface area contributed by atoms with E-state index in [0.717, 1.165) is 25.3 Å². The smallest absolute Gasteiger partial charge is 0.0547 e. The summed E-state index contributed by atoms with van der Waals surface area (Å²) in [6, 6.07) is 6.94. The molecule has 0 radical (unpaired) electrons. The summed E-state index contributed by atoms with van der Waals surface area (Å²) >= 11 is 0. The van der Waals surface area contributed by atoms with Gasteiger partial charge in [0.25, 0.3) is 0 Å². The monoisotopic (exact) mass is 261 g/mol. The largest absolute Gasteiger partial charge is 0.330 e. The molecule has 0 saturated heterocycles. The minimum Gasteiger partial charge on any atom is -0.330 e. The van der Waals surface area contributed by atoms with Crippen molar-refractivity contribution in [2.75, 3.05) is 13.1 Å². The van der Waals surface area contributed by atoms with Crippen molar-refractivity contribution >= 4 is 0 Å². The number of pyridine rings is 1. The zero-order chi connectivity index (χ0) is 13.7. The molecule has 0 amide bonds. The number of nitrogens with two attached hydrogens (primary N) is 1. The summed E-state index contributed by atoms with van der Waals surface area (Å²) in [6.45, 7) is 7.17. The van der Waals surface area contributed by atoms with Crippen molar-refractivity contribution in [2.45, 2.75) is 52.1 Å². The average Bonchev–Trinajstić information content (AvgIpc) is 2.45. The van der Waals surface area contributed by atoms with Gasteiger partial charge in [0.1, 0.15) is 0 Å². The lowest BCUT2D eigenvalue weighted by atomic mass is 9.83. The standard InChI is InChI=1S/C16H27N3/c1-3-19(12-15-9-6-7-13(2)18-15)16-10-5-4-8-14(16)11-17/h6-7,9,14,16H,3-5,8,10-12,17H2,1-2H3. The van der Waals surface area contributed by atoms with Crippen molar-refractivity contribution in [3.63, 3.8) is 0 Å². The van der Waals surface area contributed by atoms with Crippen molar-refractivity contribution in [3.8, 4) is 0 Å². The van der Waals surface area contributed by atoms with E-state index in [1.54, 1.807) is 0 Å². The Morgan fingerprint density at radius 3 is 2.79 bits per heavy atom. The van der Waals surface area contributed by atoms with E-state index in [0.29, 0.717) is 12.0 Å². The number of nitrogens with zero attached hydrogens (tertiary/aromatic N) is 2. The molecular weight excluding hydrogens is 234 g/mol. The van der Waals surface area contributed by atoms with Gasteiger partial charge in [0.05, 0.1) is 5.69 Å². The van der Waals surface area contributed by atoms with E-state index >= 15 is 0 Å². The molecule has 2 N–H and O–H groups in total. The first-order valence-electron chi connectivity index (χ1n) is 7.61. The molecule has 2 atom stereocenters. The van der Waals surface area contributed by atoms with E-state index in [2.05, 4.69) is 41.9 Å². The van der Waals surface area contributed by atoms with Crippen LogP contribution >= 0.6 is 0 Å². The lowest BCUT2D eigenvalue weighted by Crippen LogP contribution is -2.44. The summed E-state index contributed by atoms with van der Waals surface area (Å²) in [6.07, 6.45) is 5.28. The van der Waals surface area contributed by atoms with Gasteiger partial charge in [-0.15, -0.1) is 0 Å². The number of rotatable bonds is 5. The second-order valence-electron chi connectivity index (χ2n) is 5.68. The Morgan fingerprint density at radius 1 is 1.32 bits per heavy atom. The fourth-order valence-electron chi connectivity index (χ4n) is 3.30. The van der Waals surface area contributed by atoms with Crippen LogP contribution in [0.15, 0.2) is 18.2 Å². The molecule has 19 heavy (non-hydrogen) atoms. The maximum Gasteiger partial charge on any atom is 0.0547 e. The zero-order valence-electron chi connectivity index (χ0n) is 12.3. The normalized spacial score (nSPS) is 23.8. The number of aryl methyl sites for hydroxylation is 1. The molecule has 106 valence electrons. The fraction of sp³-hybridized carbons (Fsp3) is 0.688. The van der Waals surface area contributed by atoms with Crippen molar-refractivity contribution < 1.29 is 0 Å². The van der Waals surface area contributed by atoms with E-state index in [1.165, 1.54) is 31.4 Å². The van der Waals surface area contributed by atoms with Gasteiger partial charge < -0.3 is 5.73 Å². The van der Waals surface area contributed by atoms with Crippen molar-refractivity contribution in [1.82, 2.24) is 9.88 Å². The molecule has 0 spiro atoms. The van der Waals surface area contributed by atoms with Crippen LogP contribution in [0.4, 0.5) is 0 Å². The Morgan fingerprint density at radius 2 is 2.11 bits per heavy atom. The molecule has 3 heteroatoms. The van der Waals surface area contributed by atoms with Crippen molar-refractivity contribution in [2.24, 2.45) is 11.7 Å². The van der Waals surface area contributed by atoms with E-state index in [9.17, 15) is 0 Å². The van der Waals surface area contributed by atoms with Gasteiger partial charge in [0, 0.05) is 18.3 Å². The Kier molecular flexibility index (Phi) is 5.34. The Hall–Kier alpha value is -0.930. The molecule has 1 fully saturated rings. The van der Waals surface area contributed by atoms with E-state index in [-0.39, 0.29) is 0 Å². The lowest BCUT2D eigenvalue weighted by molar-refractivity contribution is 0.104. The van der Waals surface area contributed by atoms with Gasteiger partial charge in [-0.25, -0.2) is 0 Å². The van der Waals surface area contributed by atoms with Crippen LogP contribution < -0.4 is 5.73 Å². The summed E-state index contributed by atoms with van der Waals surface area (Å²) in [5.41, 5.74) is 8.25. The second-order valence-corrected chi connectivity index (χ2v) is 5.68. The average molecular weight is 261 g/mol. The number of aromatic nitrogens is 1. The third kappa shape index (κ3) is 3.77. The van der Waals surface area contributed by atoms with Gasteiger partial charge in [0.15, 0.2) is 0 Å². The zero-order valence-corrected chi connectivity index (χ0v) is 12.3. The van der Waals surface area contributed by atoms with Gasteiger partial charge in [-0.1, -0.05) is 25.8 Å². The Bertz CT molecular complexity index is 391. The lowest BCUT2D eigenvalue weighted by Gasteiger charge is -2.39. The highest BCUT2D eigenvalue weighted by atomic mass is 15.2. The Balaban J connectivity index is 2.06. The van der Waals surface area contributed by atoms with Crippen LogP contribution in [0, 0.1) is 12.8 Å². The Labute approximate surface area is 117 Å². The van der Waals surface area contributed by atoms with Gasteiger partial charge in [-0.3, -0.25) is 9.88 Å². The van der Waals surface area contributed by atoms with E-state index in [4.69, 9.17) is 5.73 Å². The van der Waals surface area contributed by atoms with Gasteiger partial charge in [-0.2, -0.15) is 0 Å². The van der Waals surface area contributed by atoms with Crippen LogP contribution in [-0.4, -0.2) is 29.0 Å². The highest BCUT2D eigenvalue weighted by Crippen LogP contribution is 2.28. The van der Waals surface area contributed by atoms with Crippen LogP contribution in [0.5, 0.6) is 0 Å². The molecule has 1 aromatic heterocycles. The summed E-state index contributed by atoms with van der Waals surface area (Å²) in [7, 11) is 0. The first-order chi connectivity index (χ1) is 9.24. The van der Waals surface area contributed by atoms with Gasteiger partial charge in [0.2, 0.25) is 0 Å². The van der Waals surface area contributed by atoms with E-state index < -0.39 is 0 Å². The molecule has 1 aromatic rings. The highest BCUT2D eigenvalue weighted by molar-refractivity contribution is 5.10. The van der Waals surface area contributed by atoms with Crippen LogP contribution in [0.3, 0.4) is 0 Å². The maximum absolute atomic E-state index is 5.96. The van der Waals surface area contributed by atoms with Gasteiger partial charge >= 0.3 is 0 Å². The molecule has 0 aliphatic heterocycles.